The van der Waals surface area contributed by atoms with Gasteiger partial charge in [-0.15, -0.1) is 0 Å². The van der Waals surface area contributed by atoms with Crippen LogP contribution in [0.4, 0.5) is 0 Å². The number of quaternary nitrogens is 2. The number of nitrogens with zero attached hydrogens (tertiary/aromatic N) is 2. The van der Waals surface area contributed by atoms with E-state index in [1.54, 1.807) is 0 Å². The highest BCUT2D eigenvalue weighted by Crippen LogP contribution is 2.20. The third kappa shape index (κ3) is 24.0. The van der Waals surface area contributed by atoms with Crippen molar-refractivity contribution < 1.29 is 33.8 Å². The van der Waals surface area contributed by atoms with Gasteiger partial charge in [-0.05, 0) is 64.2 Å². The molecule has 0 aromatic rings. The van der Waals surface area contributed by atoms with E-state index in [2.05, 4.69) is 41.5 Å². The van der Waals surface area contributed by atoms with Gasteiger partial charge in [0.2, 0.25) is 0 Å². The van der Waals surface area contributed by atoms with E-state index in [1.807, 2.05) is 0 Å². The highest BCUT2D eigenvalue weighted by Gasteiger charge is 2.26. The fourth-order valence-electron chi connectivity index (χ4n) is 6.61. The van der Waals surface area contributed by atoms with Crippen molar-refractivity contribution >= 4 is 0 Å². The minimum Gasteiger partial charge on any atom is -1.00 e. The van der Waals surface area contributed by atoms with Gasteiger partial charge in [-0.1, -0.05) is 119 Å². The standard InChI is InChI=1S/C36H78N2.2ClH/c1-7-13-29-37(30-14-8-2,31-15-9-3)35-27-25-23-21-19-20-22-24-26-28-36-38(32-16-10-4,33-17-11-5)34-18-12-6;;/h7-36H2,1-6H3;2*1H/q+2;;/p-2. The fourth-order valence-corrected chi connectivity index (χ4v) is 6.61. The van der Waals surface area contributed by atoms with E-state index < -0.39 is 0 Å². The lowest BCUT2D eigenvalue weighted by Crippen LogP contribution is -3.00. The molecule has 0 rings (SSSR count). The maximum atomic E-state index is 2.37. The monoisotopic (exact) mass is 609 g/mol. The number of rotatable bonds is 31. The average molecular weight is 610 g/mol. The Hall–Kier alpha value is 0.500. The summed E-state index contributed by atoms with van der Waals surface area (Å²) in [6.45, 7) is 25.8. The van der Waals surface area contributed by atoms with Crippen molar-refractivity contribution in [2.75, 3.05) is 52.4 Å². The first-order valence-corrected chi connectivity index (χ1v) is 18.3. The van der Waals surface area contributed by atoms with Gasteiger partial charge in [0, 0.05) is 0 Å². The summed E-state index contributed by atoms with van der Waals surface area (Å²) in [5.41, 5.74) is 0. The molecule has 0 fully saturated rings. The molecule has 246 valence electrons. The summed E-state index contributed by atoms with van der Waals surface area (Å²) in [4.78, 5) is 0. The fraction of sp³-hybridized carbons (Fsp3) is 1.00. The van der Waals surface area contributed by atoms with Crippen LogP contribution in [0.25, 0.3) is 0 Å². The molecule has 0 N–H and O–H groups in total. The van der Waals surface area contributed by atoms with Crippen molar-refractivity contribution in [3.8, 4) is 0 Å². The van der Waals surface area contributed by atoms with Crippen LogP contribution in [0.3, 0.4) is 0 Å². The second-order valence-electron chi connectivity index (χ2n) is 13.1. The Morgan fingerprint density at radius 3 is 0.550 bits per heavy atom. The van der Waals surface area contributed by atoms with Crippen LogP contribution in [0.1, 0.15) is 183 Å². The van der Waals surface area contributed by atoms with Crippen molar-refractivity contribution in [3.05, 3.63) is 0 Å². The van der Waals surface area contributed by atoms with Crippen LogP contribution in [0.2, 0.25) is 0 Å². The van der Waals surface area contributed by atoms with Gasteiger partial charge in [-0.25, -0.2) is 0 Å². The van der Waals surface area contributed by atoms with Crippen LogP contribution in [-0.2, 0) is 0 Å². The van der Waals surface area contributed by atoms with Crippen LogP contribution in [-0.4, -0.2) is 61.3 Å². The van der Waals surface area contributed by atoms with Crippen molar-refractivity contribution in [1.82, 2.24) is 0 Å². The minimum atomic E-state index is 0. The quantitative estimate of drug-likeness (QED) is 0.0737. The maximum absolute atomic E-state index is 2.37. The smallest absolute Gasteiger partial charge is 0.0786 e. The van der Waals surface area contributed by atoms with Gasteiger partial charge >= 0.3 is 0 Å². The van der Waals surface area contributed by atoms with Gasteiger partial charge in [0.15, 0.2) is 0 Å². The normalized spacial score (nSPS) is 11.8. The van der Waals surface area contributed by atoms with E-state index >= 15 is 0 Å². The Morgan fingerprint density at radius 1 is 0.225 bits per heavy atom. The first-order chi connectivity index (χ1) is 18.6. The summed E-state index contributed by atoms with van der Waals surface area (Å²) < 4.78 is 2.87. The predicted octanol–water partition coefficient (Wildman–Crippen LogP) is 5.33. The molecular weight excluding hydrogens is 531 g/mol. The van der Waals surface area contributed by atoms with Gasteiger partial charge in [0.1, 0.15) is 0 Å². The lowest BCUT2D eigenvalue weighted by atomic mass is 10.0. The molecule has 0 aromatic heterocycles. The summed E-state index contributed by atoms with van der Waals surface area (Å²) in [5, 5.41) is 0. The van der Waals surface area contributed by atoms with Gasteiger partial charge in [0.25, 0.3) is 0 Å². The van der Waals surface area contributed by atoms with Gasteiger partial charge < -0.3 is 33.8 Å². The topological polar surface area (TPSA) is 0 Å². The van der Waals surface area contributed by atoms with Crippen LogP contribution in [0, 0.1) is 0 Å². The first kappa shape index (κ1) is 44.9. The highest BCUT2D eigenvalue weighted by molar-refractivity contribution is 4.54. The molecule has 4 heteroatoms. The van der Waals surface area contributed by atoms with E-state index in [0.29, 0.717) is 0 Å². The van der Waals surface area contributed by atoms with E-state index in [0.717, 1.165) is 0 Å². The van der Waals surface area contributed by atoms with Crippen molar-refractivity contribution in [2.24, 2.45) is 0 Å². The third-order valence-corrected chi connectivity index (χ3v) is 9.43. The summed E-state index contributed by atoms with van der Waals surface area (Å²) in [7, 11) is 0. The lowest BCUT2D eigenvalue weighted by molar-refractivity contribution is -0.929. The SMILES string of the molecule is CCCC[N+](CCCC)(CCCC)CCCCCCCCCCCC[N+](CCCC)(CCCC)CCCC.[Cl-].[Cl-]. The zero-order valence-corrected chi connectivity index (χ0v) is 30.4. The molecule has 0 aliphatic rings. The zero-order chi connectivity index (χ0) is 28.2. The van der Waals surface area contributed by atoms with Crippen LogP contribution < -0.4 is 24.8 Å². The molecule has 40 heavy (non-hydrogen) atoms. The molecule has 2 nitrogen and oxygen atoms in total. The molecule has 0 radical (unpaired) electrons. The molecule has 0 heterocycles. The number of halogens is 2. The van der Waals surface area contributed by atoms with Crippen LogP contribution in [0.5, 0.6) is 0 Å². The molecule has 0 saturated heterocycles. The Kier molecular flexibility index (Phi) is 36.4. The molecule has 0 saturated carbocycles. The second kappa shape index (κ2) is 32.4. The van der Waals surface area contributed by atoms with Gasteiger partial charge in [-0.2, -0.15) is 0 Å². The second-order valence-corrected chi connectivity index (χ2v) is 13.1. The van der Waals surface area contributed by atoms with E-state index in [9.17, 15) is 0 Å². The van der Waals surface area contributed by atoms with E-state index in [1.165, 1.54) is 203 Å². The minimum absolute atomic E-state index is 0. The van der Waals surface area contributed by atoms with Crippen LogP contribution in [0.15, 0.2) is 0 Å². The summed E-state index contributed by atoms with van der Waals surface area (Å²) in [6.07, 6.45) is 31.4. The third-order valence-electron chi connectivity index (χ3n) is 9.43. The zero-order valence-electron chi connectivity index (χ0n) is 28.9. The number of hydrogen-bond donors (Lipinski definition) is 0. The molecule has 0 aliphatic heterocycles. The summed E-state index contributed by atoms with van der Waals surface area (Å²) >= 11 is 0. The van der Waals surface area contributed by atoms with E-state index in [-0.39, 0.29) is 24.8 Å². The lowest BCUT2D eigenvalue weighted by Gasteiger charge is -2.39. The summed E-state index contributed by atoms with van der Waals surface area (Å²) in [5.74, 6) is 0. The molecule has 0 spiro atoms. The van der Waals surface area contributed by atoms with Crippen molar-refractivity contribution in [2.45, 2.75) is 183 Å². The summed E-state index contributed by atoms with van der Waals surface area (Å²) in [6, 6.07) is 0. The average Bonchev–Trinajstić information content (AvgIpc) is 2.94. The van der Waals surface area contributed by atoms with Crippen molar-refractivity contribution in [3.63, 3.8) is 0 Å². The molecule has 0 bridgehead atoms. The molecule has 0 atom stereocenters. The van der Waals surface area contributed by atoms with Crippen LogP contribution >= 0.6 is 0 Å². The Bertz CT molecular complexity index is 386. The first-order valence-electron chi connectivity index (χ1n) is 18.3. The van der Waals surface area contributed by atoms with Gasteiger partial charge in [0.05, 0.1) is 52.4 Å². The molecule has 0 amide bonds. The Labute approximate surface area is 268 Å². The number of hydrogen-bond acceptors (Lipinski definition) is 0. The molecule has 0 aliphatic carbocycles. The Balaban J connectivity index is -0.00000684. The molecule has 0 aromatic carbocycles. The van der Waals surface area contributed by atoms with E-state index in [4.69, 9.17) is 0 Å². The van der Waals surface area contributed by atoms with Crippen molar-refractivity contribution in [1.29, 1.82) is 0 Å². The number of unbranched alkanes of at least 4 members (excludes halogenated alkanes) is 15. The highest BCUT2D eigenvalue weighted by atomic mass is 35.5. The largest absolute Gasteiger partial charge is 1.00 e. The molecular formula is C36H78Cl2N2. The Morgan fingerprint density at radius 2 is 0.375 bits per heavy atom. The molecule has 0 unspecified atom stereocenters. The van der Waals surface area contributed by atoms with Gasteiger partial charge in [-0.3, -0.25) is 0 Å². The maximum Gasteiger partial charge on any atom is 0.0786 e. The predicted molar refractivity (Wildman–Crippen MR) is 175 cm³/mol.